The van der Waals surface area contributed by atoms with Gasteiger partial charge in [0, 0.05) is 6.92 Å². The minimum absolute atomic E-state index is 0.300. The first-order valence-electron chi connectivity index (χ1n) is 6.83. The summed E-state index contributed by atoms with van der Waals surface area (Å²) in [4.78, 5) is 1.24. The Morgan fingerprint density at radius 3 is 2.64 bits per heavy atom. The molecule has 0 aliphatic carbocycles. The van der Waals surface area contributed by atoms with Gasteiger partial charge in [0.1, 0.15) is 4.21 Å². The summed E-state index contributed by atoms with van der Waals surface area (Å²) in [5.41, 5.74) is 0. The molecule has 2 aromatic heterocycles. The predicted molar refractivity (Wildman–Crippen MR) is 81.5 cm³/mol. The molecule has 10 heteroatoms. The summed E-state index contributed by atoms with van der Waals surface area (Å²) in [6, 6.07) is 3.17. The minimum Gasteiger partial charge on any atom is -0.420 e. The third-order valence-corrected chi connectivity index (χ3v) is 7.14. The van der Waals surface area contributed by atoms with Crippen molar-refractivity contribution in [2.45, 2.75) is 17.7 Å². The zero-order valence-electron chi connectivity index (χ0n) is 12.0. The number of piperazine rings is 1. The van der Waals surface area contributed by atoms with Crippen molar-refractivity contribution in [1.29, 1.82) is 0 Å². The molecule has 0 bridgehead atoms. The summed E-state index contributed by atoms with van der Waals surface area (Å²) < 4.78 is 32.6. The van der Waals surface area contributed by atoms with Crippen molar-refractivity contribution in [1.82, 2.24) is 14.5 Å². The fourth-order valence-electron chi connectivity index (χ4n) is 2.41. The Morgan fingerprint density at radius 1 is 1.36 bits per heavy atom. The monoisotopic (exact) mass is 363 g/mol. The van der Waals surface area contributed by atoms with Crippen LogP contribution in [0.3, 0.4) is 0 Å². The quantitative estimate of drug-likeness (QED) is 0.838. The lowest BCUT2D eigenvalue weighted by Crippen LogP contribution is -3.13. The van der Waals surface area contributed by atoms with Crippen molar-refractivity contribution in [3.8, 4) is 0 Å². The van der Waals surface area contributed by atoms with Crippen LogP contribution in [0.15, 0.2) is 20.8 Å². The van der Waals surface area contributed by atoms with E-state index in [1.165, 1.54) is 9.21 Å². The lowest BCUT2D eigenvalue weighted by atomic mass is 10.3. The van der Waals surface area contributed by atoms with Gasteiger partial charge in [-0.25, -0.2) is 8.42 Å². The highest BCUT2D eigenvalue weighted by Gasteiger charge is 2.31. The molecule has 0 saturated carbocycles. The Hall–Kier alpha value is -1.00. The number of thiophene rings is 1. The minimum atomic E-state index is -3.43. The summed E-state index contributed by atoms with van der Waals surface area (Å²) in [7, 11) is -3.43. The zero-order chi connectivity index (χ0) is 15.7. The van der Waals surface area contributed by atoms with Gasteiger partial charge in [0.05, 0.1) is 30.5 Å². The Kier molecular flexibility index (Phi) is 4.51. The van der Waals surface area contributed by atoms with Crippen molar-refractivity contribution >= 4 is 33.0 Å². The van der Waals surface area contributed by atoms with Crippen LogP contribution < -0.4 is 4.90 Å². The van der Waals surface area contributed by atoms with E-state index in [-0.39, 0.29) is 0 Å². The van der Waals surface area contributed by atoms with Gasteiger partial charge in [-0.15, -0.1) is 21.5 Å². The van der Waals surface area contributed by atoms with Gasteiger partial charge in [0.2, 0.25) is 5.89 Å². The smallest absolute Gasteiger partial charge is 0.271 e. The van der Waals surface area contributed by atoms with Crippen molar-refractivity contribution in [2.75, 3.05) is 26.2 Å². The van der Waals surface area contributed by atoms with E-state index >= 15 is 0 Å². The van der Waals surface area contributed by atoms with E-state index in [2.05, 4.69) is 10.2 Å². The maximum Gasteiger partial charge on any atom is 0.271 e. The molecule has 0 unspecified atom stereocenters. The molecule has 7 nitrogen and oxygen atoms in total. The Morgan fingerprint density at radius 2 is 2.09 bits per heavy atom. The van der Waals surface area contributed by atoms with Crippen LogP contribution in [0.25, 0.3) is 0 Å². The van der Waals surface area contributed by atoms with Gasteiger partial charge < -0.3 is 9.32 Å². The standard InChI is InChI=1S/C12H15ClN4O3S2/c1-9-14-15-11(20-9)8-16-4-6-17(7-5-16)22(18,19)12-3-2-10(13)21-12/h2-3H,4-8H2,1H3/p+1. The second-order valence-electron chi connectivity index (χ2n) is 5.10. The number of aryl methyl sites for hydroxylation is 1. The average molecular weight is 364 g/mol. The number of hydrogen-bond acceptors (Lipinski definition) is 6. The number of nitrogens with one attached hydrogen (secondary N) is 1. The molecule has 2 aromatic rings. The first kappa shape index (κ1) is 15.9. The molecule has 1 fully saturated rings. The number of aromatic nitrogens is 2. The average Bonchev–Trinajstić information content (AvgIpc) is 3.09. The molecule has 3 rings (SSSR count). The molecule has 0 aromatic carbocycles. The van der Waals surface area contributed by atoms with Gasteiger partial charge in [-0.2, -0.15) is 4.31 Å². The molecule has 1 saturated heterocycles. The number of quaternary nitrogens is 1. The van der Waals surface area contributed by atoms with Gasteiger partial charge in [-0.05, 0) is 12.1 Å². The molecule has 3 heterocycles. The van der Waals surface area contributed by atoms with Crippen LogP contribution in [0, 0.1) is 6.92 Å². The number of halogens is 1. The van der Waals surface area contributed by atoms with E-state index < -0.39 is 10.0 Å². The molecule has 1 N–H and O–H groups in total. The van der Waals surface area contributed by atoms with E-state index in [0.29, 0.717) is 53.1 Å². The molecule has 1 aliphatic rings. The molecule has 120 valence electrons. The Labute approximate surface area is 137 Å². The van der Waals surface area contributed by atoms with Crippen molar-refractivity contribution in [3.63, 3.8) is 0 Å². The van der Waals surface area contributed by atoms with Gasteiger partial charge in [-0.1, -0.05) is 11.6 Å². The molecular formula is C12H16ClN4O3S2+. The lowest BCUT2D eigenvalue weighted by molar-refractivity contribution is -0.918. The van der Waals surface area contributed by atoms with Crippen LogP contribution in [0.1, 0.15) is 11.8 Å². The van der Waals surface area contributed by atoms with E-state index in [0.717, 1.165) is 11.3 Å². The number of nitrogens with zero attached hydrogens (tertiary/aromatic N) is 3. The highest BCUT2D eigenvalue weighted by atomic mass is 35.5. The van der Waals surface area contributed by atoms with Crippen molar-refractivity contribution < 1.29 is 17.7 Å². The molecule has 0 atom stereocenters. The maximum atomic E-state index is 12.5. The summed E-state index contributed by atoms with van der Waals surface area (Å²) in [6.45, 7) is 4.74. The second kappa shape index (κ2) is 6.25. The molecule has 1 aliphatic heterocycles. The topological polar surface area (TPSA) is 80.7 Å². The SMILES string of the molecule is Cc1nnc(C[NH+]2CCN(S(=O)(=O)c3ccc(Cl)s3)CC2)o1. The van der Waals surface area contributed by atoms with Crippen LogP contribution in [-0.4, -0.2) is 49.1 Å². The van der Waals surface area contributed by atoms with Crippen LogP contribution in [0.4, 0.5) is 0 Å². The van der Waals surface area contributed by atoms with Crippen molar-refractivity contribution in [2.24, 2.45) is 0 Å². The highest BCUT2D eigenvalue weighted by molar-refractivity contribution is 7.91. The fraction of sp³-hybridized carbons (Fsp3) is 0.500. The summed E-state index contributed by atoms with van der Waals surface area (Å²) >= 11 is 6.92. The van der Waals surface area contributed by atoms with Gasteiger partial charge in [0.25, 0.3) is 15.9 Å². The molecule has 22 heavy (non-hydrogen) atoms. The Bertz CT molecular complexity index is 750. The largest absolute Gasteiger partial charge is 0.420 e. The summed E-state index contributed by atoms with van der Waals surface area (Å²) in [5, 5.41) is 7.78. The number of hydrogen-bond donors (Lipinski definition) is 1. The summed E-state index contributed by atoms with van der Waals surface area (Å²) in [6.07, 6.45) is 0. The summed E-state index contributed by atoms with van der Waals surface area (Å²) in [5.74, 6) is 1.14. The molecule has 0 radical (unpaired) electrons. The van der Waals surface area contributed by atoms with E-state index in [1.807, 2.05) is 0 Å². The number of rotatable bonds is 4. The molecule has 0 amide bonds. The van der Waals surface area contributed by atoms with E-state index in [1.54, 1.807) is 19.1 Å². The van der Waals surface area contributed by atoms with Crippen LogP contribution in [-0.2, 0) is 16.6 Å². The zero-order valence-corrected chi connectivity index (χ0v) is 14.3. The van der Waals surface area contributed by atoms with Crippen LogP contribution in [0.5, 0.6) is 0 Å². The van der Waals surface area contributed by atoms with E-state index in [9.17, 15) is 8.42 Å². The van der Waals surface area contributed by atoms with Crippen molar-refractivity contribution in [3.05, 3.63) is 28.3 Å². The Balaban J connectivity index is 1.61. The first-order chi connectivity index (χ1) is 10.4. The van der Waals surface area contributed by atoms with Gasteiger partial charge in [0.15, 0.2) is 6.54 Å². The number of sulfonamides is 1. The van der Waals surface area contributed by atoms with E-state index in [4.69, 9.17) is 16.0 Å². The van der Waals surface area contributed by atoms with Gasteiger partial charge >= 0.3 is 0 Å². The third kappa shape index (κ3) is 3.33. The lowest BCUT2D eigenvalue weighted by Gasteiger charge is -2.30. The maximum absolute atomic E-state index is 12.5. The third-order valence-electron chi connectivity index (χ3n) is 3.54. The first-order valence-corrected chi connectivity index (χ1v) is 9.46. The predicted octanol–water partition coefficient (Wildman–Crippen LogP) is 0.182. The molecule has 0 spiro atoms. The normalized spacial score (nSPS) is 17.9. The fourth-order valence-corrected chi connectivity index (χ4v) is 5.48. The molecular weight excluding hydrogens is 348 g/mol. The van der Waals surface area contributed by atoms with Gasteiger partial charge in [-0.3, -0.25) is 0 Å². The highest BCUT2D eigenvalue weighted by Crippen LogP contribution is 2.27. The van der Waals surface area contributed by atoms with Crippen LogP contribution in [0.2, 0.25) is 4.34 Å². The second-order valence-corrected chi connectivity index (χ2v) is 8.98. The van der Waals surface area contributed by atoms with Crippen LogP contribution >= 0.6 is 22.9 Å².